The van der Waals surface area contributed by atoms with Crippen molar-refractivity contribution in [3.63, 3.8) is 0 Å². The van der Waals surface area contributed by atoms with Gasteiger partial charge in [0.1, 0.15) is 18.4 Å². The van der Waals surface area contributed by atoms with Gasteiger partial charge in [-0.25, -0.2) is 0 Å². The summed E-state index contributed by atoms with van der Waals surface area (Å²) in [6, 6.07) is 5.01. The average Bonchev–Trinajstić information content (AvgIpc) is 2.51. The highest BCUT2D eigenvalue weighted by Crippen LogP contribution is 2.34. The van der Waals surface area contributed by atoms with Gasteiger partial charge in [0.2, 0.25) is 0 Å². The molecule has 1 saturated carbocycles. The molecule has 0 atom stereocenters. The van der Waals surface area contributed by atoms with Crippen molar-refractivity contribution in [2.24, 2.45) is 0 Å². The molecule has 1 aromatic carbocycles. The lowest BCUT2D eigenvalue weighted by Gasteiger charge is -2.29. The highest BCUT2D eigenvalue weighted by atomic mass is 35.5. The standard InChI is InChI=1S/C16H18ClNO4/c17-11-6-7-14-13(8-11)18(15(19)10-21-14)9-16(20)22-12-4-2-1-3-5-12/h6-8,12H,1-5,9-10H2. The molecule has 1 aromatic rings. The van der Waals surface area contributed by atoms with E-state index in [1.54, 1.807) is 18.2 Å². The predicted octanol–water partition coefficient (Wildman–Crippen LogP) is 2.94. The number of nitrogens with zero attached hydrogens (tertiary/aromatic N) is 1. The Kier molecular flexibility index (Phi) is 4.52. The number of fused-ring (bicyclic) bond motifs is 1. The minimum absolute atomic E-state index is 0.0174. The number of carbonyl (C=O) groups is 2. The fraction of sp³-hybridized carbons (Fsp3) is 0.500. The number of halogens is 1. The molecule has 1 aliphatic heterocycles. The van der Waals surface area contributed by atoms with Crippen molar-refractivity contribution < 1.29 is 19.1 Å². The summed E-state index contributed by atoms with van der Waals surface area (Å²) in [5, 5.41) is 0.489. The molecular weight excluding hydrogens is 306 g/mol. The van der Waals surface area contributed by atoms with Crippen LogP contribution in [0.1, 0.15) is 32.1 Å². The number of rotatable bonds is 3. The van der Waals surface area contributed by atoms with Gasteiger partial charge in [0.25, 0.3) is 5.91 Å². The van der Waals surface area contributed by atoms with E-state index in [0.29, 0.717) is 16.5 Å². The normalized spacial score (nSPS) is 18.6. The van der Waals surface area contributed by atoms with Crippen LogP contribution in [0, 0.1) is 0 Å². The smallest absolute Gasteiger partial charge is 0.326 e. The van der Waals surface area contributed by atoms with Gasteiger partial charge in [0.05, 0.1) is 5.69 Å². The number of anilines is 1. The minimum Gasteiger partial charge on any atom is -0.482 e. The lowest BCUT2D eigenvalue weighted by atomic mass is 9.98. The Morgan fingerprint density at radius 3 is 2.86 bits per heavy atom. The molecule has 1 fully saturated rings. The lowest BCUT2D eigenvalue weighted by molar-refractivity contribution is -0.149. The van der Waals surface area contributed by atoms with Gasteiger partial charge in [-0.05, 0) is 43.9 Å². The zero-order valence-corrected chi connectivity index (χ0v) is 13.0. The minimum atomic E-state index is -0.381. The molecule has 0 bridgehead atoms. The van der Waals surface area contributed by atoms with E-state index < -0.39 is 0 Å². The van der Waals surface area contributed by atoms with Crippen LogP contribution in [0.25, 0.3) is 0 Å². The van der Waals surface area contributed by atoms with Crippen molar-refractivity contribution in [2.45, 2.75) is 38.2 Å². The Bertz CT molecular complexity index is 584. The van der Waals surface area contributed by atoms with Crippen LogP contribution in [-0.4, -0.2) is 31.1 Å². The van der Waals surface area contributed by atoms with Crippen molar-refractivity contribution in [1.82, 2.24) is 0 Å². The molecule has 6 heteroatoms. The number of carbonyl (C=O) groups excluding carboxylic acids is 2. The largest absolute Gasteiger partial charge is 0.482 e. The zero-order valence-electron chi connectivity index (χ0n) is 12.2. The van der Waals surface area contributed by atoms with Gasteiger partial charge in [-0.15, -0.1) is 0 Å². The van der Waals surface area contributed by atoms with Crippen LogP contribution in [-0.2, 0) is 14.3 Å². The molecular formula is C16H18ClNO4. The summed E-state index contributed by atoms with van der Waals surface area (Å²) >= 11 is 5.97. The summed E-state index contributed by atoms with van der Waals surface area (Å²) in [5.41, 5.74) is 0.518. The van der Waals surface area contributed by atoms with E-state index in [-0.39, 0.29) is 31.1 Å². The predicted molar refractivity (Wildman–Crippen MR) is 82.3 cm³/mol. The fourth-order valence-electron chi connectivity index (χ4n) is 2.88. The second-order valence-electron chi connectivity index (χ2n) is 5.63. The topological polar surface area (TPSA) is 55.8 Å². The van der Waals surface area contributed by atoms with Gasteiger partial charge in [-0.2, -0.15) is 0 Å². The fourth-order valence-corrected chi connectivity index (χ4v) is 3.05. The van der Waals surface area contributed by atoms with Gasteiger partial charge >= 0.3 is 5.97 Å². The van der Waals surface area contributed by atoms with Gasteiger partial charge in [-0.3, -0.25) is 14.5 Å². The van der Waals surface area contributed by atoms with Crippen LogP contribution in [0.3, 0.4) is 0 Å². The number of amides is 1. The molecule has 0 aromatic heterocycles. The van der Waals surface area contributed by atoms with Crippen LogP contribution < -0.4 is 9.64 Å². The van der Waals surface area contributed by atoms with Gasteiger partial charge in [0, 0.05) is 5.02 Å². The molecule has 1 heterocycles. The molecule has 3 rings (SSSR count). The highest BCUT2D eigenvalue weighted by molar-refractivity contribution is 6.31. The van der Waals surface area contributed by atoms with Gasteiger partial charge < -0.3 is 9.47 Å². The number of hydrogen-bond donors (Lipinski definition) is 0. The van der Waals surface area contributed by atoms with Crippen molar-refractivity contribution >= 4 is 29.2 Å². The molecule has 0 unspecified atom stereocenters. The molecule has 118 valence electrons. The SMILES string of the molecule is O=C(CN1C(=O)COc2ccc(Cl)cc21)OC1CCCCC1. The maximum atomic E-state index is 12.1. The summed E-state index contributed by atoms with van der Waals surface area (Å²) in [5.74, 6) is -0.0992. The zero-order chi connectivity index (χ0) is 15.5. The summed E-state index contributed by atoms with van der Waals surface area (Å²) < 4.78 is 10.8. The first-order chi connectivity index (χ1) is 10.6. The number of esters is 1. The van der Waals surface area contributed by atoms with Crippen LogP contribution in [0.5, 0.6) is 5.75 Å². The quantitative estimate of drug-likeness (QED) is 0.803. The molecule has 0 N–H and O–H groups in total. The number of ether oxygens (including phenoxy) is 2. The summed E-state index contributed by atoms with van der Waals surface area (Å²) in [4.78, 5) is 25.6. The molecule has 1 aliphatic carbocycles. The van der Waals surface area contributed by atoms with Crippen molar-refractivity contribution in [1.29, 1.82) is 0 Å². The molecule has 2 aliphatic rings. The maximum absolute atomic E-state index is 12.1. The summed E-state index contributed by atoms with van der Waals surface area (Å²) in [6.45, 7) is -0.183. The molecule has 0 saturated heterocycles. The third-order valence-electron chi connectivity index (χ3n) is 4.00. The Labute approximate surface area is 134 Å². The van der Waals surface area contributed by atoms with Gasteiger partial charge in [-0.1, -0.05) is 18.0 Å². The van der Waals surface area contributed by atoms with Gasteiger partial charge in [0.15, 0.2) is 6.61 Å². The number of benzene rings is 1. The molecule has 5 nitrogen and oxygen atoms in total. The van der Waals surface area contributed by atoms with Crippen LogP contribution in [0.4, 0.5) is 5.69 Å². The van der Waals surface area contributed by atoms with Crippen molar-refractivity contribution in [3.8, 4) is 5.75 Å². The van der Waals surface area contributed by atoms with E-state index in [0.717, 1.165) is 25.7 Å². The first-order valence-corrected chi connectivity index (χ1v) is 7.93. The van der Waals surface area contributed by atoms with E-state index in [2.05, 4.69) is 0 Å². The Balaban J connectivity index is 1.70. The molecule has 22 heavy (non-hydrogen) atoms. The van der Waals surface area contributed by atoms with Crippen molar-refractivity contribution in [3.05, 3.63) is 23.2 Å². The highest BCUT2D eigenvalue weighted by Gasteiger charge is 2.29. The second-order valence-corrected chi connectivity index (χ2v) is 6.07. The van der Waals surface area contributed by atoms with Crippen LogP contribution in [0.15, 0.2) is 18.2 Å². The first kappa shape index (κ1) is 15.2. The Morgan fingerprint density at radius 1 is 1.32 bits per heavy atom. The van der Waals surface area contributed by atoms with E-state index in [1.807, 2.05) is 0 Å². The Morgan fingerprint density at radius 2 is 2.09 bits per heavy atom. The van der Waals surface area contributed by atoms with Crippen LogP contribution in [0.2, 0.25) is 5.02 Å². The maximum Gasteiger partial charge on any atom is 0.326 e. The average molecular weight is 324 g/mol. The first-order valence-electron chi connectivity index (χ1n) is 7.55. The third kappa shape index (κ3) is 3.35. The van der Waals surface area contributed by atoms with E-state index in [1.165, 1.54) is 11.3 Å². The van der Waals surface area contributed by atoms with E-state index in [4.69, 9.17) is 21.1 Å². The number of hydrogen-bond acceptors (Lipinski definition) is 4. The summed E-state index contributed by atoms with van der Waals surface area (Å²) in [6.07, 6.45) is 5.18. The van der Waals surface area contributed by atoms with E-state index >= 15 is 0 Å². The monoisotopic (exact) mass is 323 g/mol. The lowest BCUT2D eigenvalue weighted by Crippen LogP contribution is -2.43. The second kappa shape index (κ2) is 6.57. The molecule has 1 amide bonds. The van der Waals surface area contributed by atoms with Crippen LogP contribution >= 0.6 is 11.6 Å². The molecule has 0 spiro atoms. The van der Waals surface area contributed by atoms with Crippen molar-refractivity contribution in [2.75, 3.05) is 18.1 Å². The summed E-state index contributed by atoms with van der Waals surface area (Å²) in [7, 11) is 0. The third-order valence-corrected chi connectivity index (χ3v) is 4.24. The Hall–Kier alpha value is -1.75. The van der Waals surface area contributed by atoms with E-state index in [9.17, 15) is 9.59 Å². The molecule has 0 radical (unpaired) electrons.